The van der Waals surface area contributed by atoms with E-state index in [2.05, 4.69) is 27.4 Å². The molecule has 0 aliphatic heterocycles. The zero-order valence-electron chi connectivity index (χ0n) is 11.6. The first-order valence-corrected chi connectivity index (χ1v) is 6.47. The molecule has 1 rings (SSSR count). The minimum absolute atomic E-state index is 0.0669. The molecule has 0 saturated heterocycles. The topological polar surface area (TPSA) is 70.1 Å². The Morgan fingerprint density at radius 3 is 2.72 bits per heavy atom. The highest BCUT2D eigenvalue weighted by Crippen LogP contribution is 2.06. The average molecular weight is 250 g/mol. The van der Waals surface area contributed by atoms with E-state index in [0.717, 1.165) is 42.7 Å². The van der Waals surface area contributed by atoms with Crippen LogP contribution < -0.4 is 11.0 Å². The normalized spacial score (nSPS) is 11.7. The molecule has 2 N–H and O–H groups in total. The van der Waals surface area contributed by atoms with Gasteiger partial charge in [0.05, 0.1) is 0 Å². The summed E-state index contributed by atoms with van der Waals surface area (Å²) in [7, 11) is 0. The molecule has 0 saturated carbocycles. The van der Waals surface area contributed by atoms with E-state index in [1.165, 1.54) is 0 Å². The lowest BCUT2D eigenvalue weighted by Crippen LogP contribution is -2.18. The minimum Gasteiger partial charge on any atom is -0.291 e. The van der Waals surface area contributed by atoms with Gasteiger partial charge in [-0.3, -0.25) is 9.78 Å². The van der Waals surface area contributed by atoms with Crippen LogP contribution in [0.5, 0.6) is 0 Å². The number of nitrogens with zero attached hydrogens (tertiary/aromatic N) is 2. The number of hydrazone groups is 1. The molecular weight excluding hydrogens is 228 g/mol. The molecule has 0 bridgehead atoms. The fraction of sp³-hybridized carbons (Fsp3) is 0.615. The molecule has 1 heterocycles. The summed E-state index contributed by atoms with van der Waals surface area (Å²) in [6.45, 7) is 7.92. The van der Waals surface area contributed by atoms with E-state index < -0.39 is 0 Å². The van der Waals surface area contributed by atoms with Gasteiger partial charge in [0, 0.05) is 17.0 Å². The fourth-order valence-corrected chi connectivity index (χ4v) is 1.54. The molecule has 0 fully saturated rings. The third-order valence-corrected chi connectivity index (χ3v) is 2.87. The number of aromatic nitrogens is 2. The molecule has 0 aromatic carbocycles. The van der Waals surface area contributed by atoms with Crippen LogP contribution in [0.15, 0.2) is 9.90 Å². The standard InChI is InChI=1S/C13H22N4O/c1-5-7-8-11-10(4)14-13(15-12(11)18)17-16-9(3)6-2/h5-8H2,1-4H3,(H2,14,15,17,18). The van der Waals surface area contributed by atoms with Crippen molar-refractivity contribution in [2.45, 2.75) is 53.4 Å². The molecule has 100 valence electrons. The van der Waals surface area contributed by atoms with Crippen LogP contribution in [0, 0.1) is 6.92 Å². The Kier molecular flexibility index (Phi) is 5.55. The smallest absolute Gasteiger partial charge is 0.255 e. The number of hydrogen-bond acceptors (Lipinski definition) is 4. The van der Waals surface area contributed by atoms with Crippen molar-refractivity contribution in [1.82, 2.24) is 9.97 Å². The second-order valence-electron chi connectivity index (χ2n) is 4.39. The minimum atomic E-state index is -0.0669. The van der Waals surface area contributed by atoms with E-state index >= 15 is 0 Å². The van der Waals surface area contributed by atoms with Crippen molar-refractivity contribution in [2.75, 3.05) is 5.43 Å². The Morgan fingerprint density at radius 2 is 2.17 bits per heavy atom. The van der Waals surface area contributed by atoms with E-state index in [1.807, 2.05) is 20.8 Å². The van der Waals surface area contributed by atoms with E-state index in [1.54, 1.807) is 0 Å². The maximum atomic E-state index is 11.9. The van der Waals surface area contributed by atoms with Gasteiger partial charge in [0.25, 0.3) is 5.56 Å². The van der Waals surface area contributed by atoms with Gasteiger partial charge in [-0.05, 0) is 33.1 Å². The molecule has 0 radical (unpaired) electrons. The number of H-pyrrole nitrogens is 1. The summed E-state index contributed by atoms with van der Waals surface area (Å²) in [4.78, 5) is 18.9. The molecule has 1 aromatic heterocycles. The van der Waals surface area contributed by atoms with Gasteiger partial charge < -0.3 is 0 Å². The van der Waals surface area contributed by atoms with E-state index in [4.69, 9.17) is 0 Å². The predicted octanol–water partition coefficient (Wildman–Crippen LogP) is 2.62. The lowest BCUT2D eigenvalue weighted by molar-refractivity contribution is 0.774. The predicted molar refractivity (Wildman–Crippen MR) is 75.2 cm³/mol. The first kappa shape index (κ1) is 14.4. The average Bonchev–Trinajstić information content (AvgIpc) is 2.35. The van der Waals surface area contributed by atoms with Gasteiger partial charge >= 0.3 is 0 Å². The largest absolute Gasteiger partial charge is 0.291 e. The fourth-order valence-electron chi connectivity index (χ4n) is 1.54. The zero-order chi connectivity index (χ0) is 13.5. The van der Waals surface area contributed by atoms with Gasteiger partial charge in [-0.15, -0.1) is 0 Å². The van der Waals surface area contributed by atoms with Crippen molar-refractivity contribution in [1.29, 1.82) is 0 Å². The van der Waals surface area contributed by atoms with Crippen LogP contribution in [-0.2, 0) is 6.42 Å². The summed E-state index contributed by atoms with van der Waals surface area (Å²) in [6.07, 6.45) is 3.72. The van der Waals surface area contributed by atoms with Crippen molar-refractivity contribution >= 4 is 11.7 Å². The summed E-state index contributed by atoms with van der Waals surface area (Å²) in [6, 6.07) is 0. The van der Waals surface area contributed by atoms with Crippen molar-refractivity contribution in [3.8, 4) is 0 Å². The van der Waals surface area contributed by atoms with Crippen molar-refractivity contribution in [3.63, 3.8) is 0 Å². The SMILES string of the molecule is CCCCc1c(C)nc(NN=C(C)CC)[nH]c1=O. The van der Waals surface area contributed by atoms with Crippen LogP contribution in [0.4, 0.5) is 5.95 Å². The van der Waals surface area contributed by atoms with Gasteiger partial charge in [0.1, 0.15) is 0 Å². The molecule has 5 nitrogen and oxygen atoms in total. The van der Waals surface area contributed by atoms with E-state index in [9.17, 15) is 4.79 Å². The molecule has 18 heavy (non-hydrogen) atoms. The molecule has 1 aromatic rings. The Morgan fingerprint density at radius 1 is 1.44 bits per heavy atom. The summed E-state index contributed by atoms with van der Waals surface area (Å²) in [5, 5.41) is 4.12. The second-order valence-corrected chi connectivity index (χ2v) is 4.39. The number of anilines is 1. The van der Waals surface area contributed by atoms with Gasteiger partial charge in [-0.25, -0.2) is 10.4 Å². The Bertz CT molecular complexity index is 476. The Hall–Kier alpha value is -1.65. The molecule has 0 aliphatic rings. The monoisotopic (exact) mass is 250 g/mol. The van der Waals surface area contributed by atoms with Gasteiger partial charge in [0.15, 0.2) is 0 Å². The van der Waals surface area contributed by atoms with E-state index in [-0.39, 0.29) is 5.56 Å². The molecule has 0 amide bonds. The lowest BCUT2D eigenvalue weighted by Gasteiger charge is -2.06. The van der Waals surface area contributed by atoms with Crippen LogP contribution in [-0.4, -0.2) is 15.7 Å². The lowest BCUT2D eigenvalue weighted by atomic mass is 10.1. The number of aryl methyl sites for hydroxylation is 1. The molecule has 0 spiro atoms. The highest BCUT2D eigenvalue weighted by Gasteiger charge is 2.07. The maximum absolute atomic E-state index is 11.9. The number of rotatable bonds is 6. The molecule has 0 aliphatic carbocycles. The molecule has 0 atom stereocenters. The van der Waals surface area contributed by atoms with Crippen LogP contribution in [0.2, 0.25) is 0 Å². The quantitative estimate of drug-likeness (QED) is 0.602. The van der Waals surface area contributed by atoms with Crippen molar-refractivity contribution in [3.05, 3.63) is 21.6 Å². The van der Waals surface area contributed by atoms with Crippen LogP contribution in [0.1, 0.15) is 51.3 Å². The summed E-state index contributed by atoms with van der Waals surface area (Å²) >= 11 is 0. The number of hydrogen-bond donors (Lipinski definition) is 2. The summed E-state index contributed by atoms with van der Waals surface area (Å²) in [5.41, 5.74) is 5.23. The highest BCUT2D eigenvalue weighted by molar-refractivity contribution is 5.82. The third-order valence-electron chi connectivity index (χ3n) is 2.87. The Balaban J connectivity index is 2.89. The first-order chi connectivity index (χ1) is 8.58. The third kappa shape index (κ3) is 3.98. The highest BCUT2D eigenvalue weighted by atomic mass is 16.1. The molecular formula is C13H22N4O. The summed E-state index contributed by atoms with van der Waals surface area (Å²) in [5.74, 6) is 0.408. The van der Waals surface area contributed by atoms with Gasteiger partial charge in [-0.1, -0.05) is 20.3 Å². The first-order valence-electron chi connectivity index (χ1n) is 6.47. The van der Waals surface area contributed by atoms with Crippen LogP contribution in [0.25, 0.3) is 0 Å². The zero-order valence-corrected chi connectivity index (χ0v) is 11.6. The maximum Gasteiger partial charge on any atom is 0.255 e. The number of unbranched alkanes of at least 4 members (excludes halogenated alkanes) is 1. The van der Waals surface area contributed by atoms with Gasteiger partial charge in [-0.2, -0.15) is 5.10 Å². The second kappa shape index (κ2) is 6.93. The van der Waals surface area contributed by atoms with Crippen LogP contribution in [0.3, 0.4) is 0 Å². The van der Waals surface area contributed by atoms with Crippen LogP contribution >= 0.6 is 0 Å². The Labute approximate surface area is 108 Å². The summed E-state index contributed by atoms with van der Waals surface area (Å²) < 4.78 is 0. The van der Waals surface area contributed by atoms with Crippen molar-refractivity contribution in [2.24, 2.45) is 5.10 Å². The number of nitrogens with one attached hydrogen (secondary N) is 2. The molecule has 0 unspecified atom stereocenters. The van der Waals surface area contributed by atoms with Crippen molar-refractivity contribution < 1.29 is 0 Å². The number of aromatic amines is 1. The van der Waals surface area contributed by atoms with Gasteiger partial charge in [0.2, 0.25) is 5.95 Å². The molecule has 5 heteroatoms. The van der Waals surface area contributed by atoms with E-state index in [0.29, 0.717) is 5.95 Å².